The number of nitrogens with one attached hydrogen (secondary N) is 1. The molecule has 2 heterocycles. The Labute approximate surface area is 123 Å². The Morgan fingerprint density at radius 3 is 2.52 bits per heavy atom. The largest absolute Gasteiger partial charge is 0.378 e. The molecule has 1 amide bonds. The van der Waals surface area contributed by atoms with Crippen LogP contribution in [0.5, 0.6) is 0 Å². The lowest BCUT2D eigenvalue weighted by molar-refractivity contribution is 0.102. The van der Waals surface area contributed by atoms with Gasteiger partial charge in [-0.05, 0) is 24.3 Å². The van der Waals surface area contributed by atoms with Crippen LogP contribution in [-0.4, -0.2) is 37.2 Å². The maximum absolute atomic E-state index is 12.1. The summed E-state index contributed by atoms with van der Waals surface area (Å²) in [6.45, 7) is 3.11. The lowest BCUT2D eigenvalue weighted by Gasteiger charge is -2.27. The third-order valence-electron chi connectivity index (χ3n) is 3.38. The molecule has 0 radical (unpaired) electrons. The van der Waals surface area contributed by atoms with Crippen molar-refractivity contribution in [1.82, 2.24) is 4.98 Å². The number of amides is 1. The van der Waals surface area contributed by atoms with Crippen molar-refractivity contribution >= 4 is 17.4 Å². The van der Waals surface area contributed by atoms with Crippen molar-refractivity contribution in [3.63, 3.8) is 0 Å². The molecule has 0 saturated carbocycles. The van der Waals surface area contributed by atoms with Gasteiger partial charge in [0, 0.05) is 25.0 Å². The molecule has 0 bridgehead atoms. The summed E-state index contributed by atoms with van der Waals surface area (Å²) in [4.78, 5) is 18.6. The molecule has 0 spiro atoms. The molecular formula is C16H17N3O2. The number of hydrogen-bond acceptors (Lipinski definition) is 4. The van der Waals surface area contributed by atoms with Crippen LogP contribution in [0.1, 0.15) is 10.4 Å². The molecule has 0 aliphatic carbocycles. The number of benzene rings is 1. The number of rotatable bonds is 3. The van der Waals surface area contributed by atoms with Gasteiger partial charge in [0.15, 0.2) is 0 Å². The highest BCUT2D eigenvalue weighted by molar-refractivity contribution is 6.04. The van der Waals surface area contributed by atoms with Crippen LogP contribution in [0.15, 0.2) is 48.7 Å². The molecule has 0 atom stereocenters. The van der Waals surface area contributed by atoms with E-state index in [-0.39, 0.29) is 5.91 Å². The monoisotopic (exact) mass is 283 g/mol. The molecule has 5 heteroatoms. The second-order valence-electron chi connectivity index (χ2n) is 4.82. The third-order valence-corrected chi connectivity index (χ3v) is 3.38. The second kappa shape index (κ2) is 6.37. The molecule has 2 aromatic rings. The number of carbonyl (C=O) groups excluding carboxylic acids is 1. The summed E-state index contributed by atoms with van der Waals surface area (Å²) in [5.41, 5.74) is 1.33. The summed E-state index contributed by atoms with van der Waals surface area (Å²) in [5.74, 6) is 0.733. The number of carbonyl (C=O) groups is 1. The Morgan fingerprint density at radius 2 is 1.86 bits per heavy atom. The molecule has 108 valence electrons. The first-order valence-corrected chi connectivity index (χ1v) is 6.98. The summed E-state index contributed by atoms with van der Waals surface area (Å²) in [6.07, 6.45) is 1.61. The van der Waals surface area contributed by atoms with Crippen LogP contribution in [0.3, 0.4) is 0 Å². The van der Waals surface area contributed by atoms with E-state index in [0.29, 0.717) is 5.56 Å². The minimum atomic E-state index is -0.151. The van der Waals surface area contributed by atoms with Gasteiger partial charge in [-0.3, -0.25) is 4.79 Å². The van der Waals surface area contributed by atoms with Crippen LogP contribution in [-0.2, 0) is 4.74 Å². The SMILES string of the molecule is O=C(Nc1ccccc1)c1ccc(N2CCOCC2)nc1. The van der Waals surface area contributed by atoms with Crippen molar-refractivity contribution < 1.29 is 9.53 Å². The minimum absolute atomic E-state index is 0.151. The quantitative estimate of drug-likeness (QED) is 0.938. The van der Waals surface area contributed by atoms with Crippen molar-refractivity contribution in [2.24, 2.45) is 0 Å². The normalized spacial score (nSPS) is 14.8. The Morgan fingerprint density at radius 1 is 1.10 bits per heavy atom. The van der Waals surface area contributed by atoms with Crippen LogP contribution in [0.4, 0.5) is 11.5 Å². The number of hydrogen-bond donors (Lipinski definition) is 1. The Hall–Kier alpha value is -2.40. The standard InChI is InChI=1S/C16H17N3O2/c20-16(18-14-4-2-1-3-5-14)13-6-7-15(17-12-13)19-8-10-21-11-9-19/h1-7,12H,8-11H2,(H,18,20). The summed E-state index contributed by atoms with van der Waals surface area (Å²) in [5, 5.41) is 2.84. The zero-order valence-electron chi connectivity index (χ0n) is 11.7. The van der Waals surface area contributed by atoms with E-state index in [4.69, 9.17) is 4.74 Å². The Kier molecular flexibility index (Phi) is 4.12. The van der Waals surface area contributed by atoms with E-state index >= 15 is 0 Å². The molecule has 1 aliphatic rings. The summed E-state index contributed by atoms with van der Waals surface area (Å²) in [6, 6.07) is 13.1. The van der Waals surface area contributed by atoms with Crippen LogP contribution < -0.4 is 10.2 Å². The van der Waals surface area contributed by atoms with Crippen molar-refractivity contribution in [1.29, 1.82) is 0 Å². The van der Waals surface area contributed by atoms with Gasteiger partial charge < -0.3 is 15.0 Å². The number of pyridine rings is 1. The highest BCUT2D eigenvalue weighted by Gasteiger charge is 2.13. The minimum Gasteiger partial charge on any atom is -0.378 e. The van der Waals surface area contributed by atoms with Crippen LogP contribution in [0.25, 0.3) is 0 Å². The summed E-state index contributed by atoms with van der Waals surface area (Å²) < 4.78 is 5.32. The lowest BCUT2D eigenvalue weighted by Crippen LogP contribution is -2.36. The molecule has 3 rings (SSSR count). The third kappa shape index (κ3) is 3.38. The number of anilines is 2. The number of nitrogens with zero attached hydrogens (tertiary/aromatic N) is 2. The average Bonchev–Trinajstić information content (AvgIpc) is 2.57. The van der Waals surface area contributed by atoms with Gasteiger partial charge in [0.2, 0.25) is 0 Å². The van der Waals surface area contributed by atoms with Crippen LogP contribution in [0.2, 0.25) is 0 Å². The van der Waals surface area contributed by atoms with Gasteiger partial charge >= 0.3 is 0 Å². The van der Waals surface area contributed by atoms with Crippen molar-refractivity contribution in [2.45, 2.75) is 0 Å². The van der Waals surface area contributed by atoms with Crippen molar-refractivity contribution in [2.75, 3.05) is 36.5 Å². The fourth-order valence-electron chi connectivity index (χ4n) is 2.22. The van der Waals surface area contributed by atoms with E-state index < -0.39 is 0 Å². The zero-order chi connectivity index (χ0) is 14.5. The number of morpholine rings is 1. The first-order chi connectivity index (χ1) is 10.3. The van der Waals surface area contributed by atoms with Crippen molar-refractivity contribution in [3.8, 4) is 0 Å². The van der Waals surface area contributed by atoms with Gasteiger partial charge in [0.25, 0.3) is 5.91 Å². The fourth-order valence-corrected chi connectivity index (χ4v) is 2.22. The highest BCUT2D eigenvalue weighted by Crippen LogP contribution is 2.14. The molecular weight excluding hydrogens is 266 g/mol. The molecule has 1 aliphatic heterocycles. The van der Waals surface area contributed by atoms with E-state index in [9.17, 15) is 4.79 Å². The van der Waals surface area contributed by atoms with Gasteiger partial charge in [0.05, 0.1) is 18.8 Å². The summed E-state index contributed by atoms with van der Waals surface area (Å²) >= 11 is 0. The van der Waals surface area contributed by atoms with Gasteiger partial charge in [0.1, 0.15) is 5.82 Å². The van der Waals surface area contributed by atoms with Crippen LogP contribution in [0, 0.1) is 0 Å². The molecule has 21 heavy (non-hydrogen) atoms. The molecule has 1 N–H and O–H groups in total. The smallest absolute Gasteiger partial charge is 0.257 e. The van der Waals surface area contributed by atoms with E-state index in [1.165, 1.54) is 0 Å². The van der Waals surface area contributed by atoms with E-state index in [1.807, 2.05) is 36.4 Å². The molecule has 5 nitrogen and oxygen atoms in total. The van der Waals surface area contributed by atoms with E-state index in [2.05, 4.69) is 15.2 Å². The second-order valence-corrected chi connectivity index (χ2v) is 4.82. The number of aromatic nitrogens is 1. The first-order valence-electron chi connectivity index (χ1n) is 6.98. The zero-order valence-corrected chi connectivity index (χ0v) is 11.7. The van der Waals surface area contributed by atoms with Gasteiger partial charge in [-0.1, -0.05) is 18.2 Å². The van der Waals surface area contributed by atoms with Gasteiger partial charge in [-0.2, -0.15) is 0 Å². The highest BCUT2D eigenvalue weighted by atomic mass is 16.5. The first kappa shape index (κ1) is 13.6. The van der Waals surface area contributed by atoms with Crippen LogP contribution >= 0.6 is 0 Å². The maximum atomic E-state index is 12.1. The Bertz CT molecular complexity index is 593. The molecule has 1 aromatic heterocycles. The maximum Gasteiger partial charge on any atom is 0.257 e. The Balaban J connectivity index is 1.67. The van der Waals surface area contributed by atoms with Gasteiger partial charge in [-0.25, -0.2) is 4.98 Å². The molecule has 0 unspecified atom stereocenters. The number of para-hydroxylation sites is 1. The molecule has 1 saturated heterocycles. The topological polar surface area (TPSA) is 54.5 Å². The lowest BCUT2D eigenvalue weighted by atomic mass is 10.2. The summed E-state index contributed by atoms with van der Waals surface area (Å²) in [7, 11) is 0. The molecule has 1 fully saturated rings. The predicted octanol–water partition coefficient (Wildman–Crippen LogP) is 2.17. The predicted molar refractivity (Wildman–Crippen MR) is 81.7 cm³/mol. The number of ether oxygens (including phenoxy) is 1. The van der Waals surface area contributed by atoms with Crippen molar-refractivity contribution in [3.05, 3.63) is 54.2 Å². The average molecular weight is 283 g/mol. The van der Waals surface area contributed by atoms with E-state index in [0.717, 1.165) is 37.8 Å². The fraction of sp³-hybridized carbons (Fsp3) is 0.250. The van der Waals surface area contributed by atoms with Gasteiger partial charge in [-0.15, -0.1) is 0 Å². The van der Waals surface area contributed by atoms with E-state index in [1.54, 1.807) is 12.3 Å². The molecule has 1 aromatic carbocycles.